The Morgan fingerprint density at radius 2 is 1.69 bits per heavy atom. The van der Waals surface area contributed by atoms with Crippen LogP contribution < -0.4 is 0 Å². The average molecular weight is 228 g/mol. The maximum absolute atomic E-state index is 11.0. The van der Waals surface area contributed by atoms with Gasteiger partial charge in [0.2, 0.25) is 6.29 Å². The molecule has 0 aliphatic carbocycles. The van der Waals surface area contributed by atoms with Gasteiger partial charge in [0.15, 0.2) is 6.10 Å². The van der Waals surface area contributed by atoms with Crippen LogP contribution in [0.4, 0.5) is 0 Å². The first kappa shape index (κ1) is 13.5. The molecule has 0 radical (unpaired) electrons. The highest BCUT2D eigenvalue weighted by atomic mass is 16.7. The van der Waals surface area contributed by atoms with E-state index in [1.807, 2.05) is 0 Å². The molecule has 94 valence electrons. The molecule has 1 saturated heterocycles. The van der Waals surface area contributed by atoms with Gasteiger partial charge in [-0.15, -0.1) is 0 Å². The van der Waals surface area contributed by atoms with Crippen LogP contribution in [0.3, 0.4) is 0 Å². The Morgan fingerprint density at radius 1 is 1.06 bits per heavy atom. The Kier molecular flexibility index (Phi) is 6.46. The number of carbonyl (C=O) groups excluding carboxylic acids is 1. The minimum atomic E-state index is -0.366. The maximum Gasteiger partial charge on any atom is 0.337 e. The molecule has 3 nitrogen and oxygen atoms in total. The third-order valence-electron chi connectivity index (χ3n) is 2.98. The fourth-order valence-electron chi connectivity index (χ4n) is 1.93. The molecule has 0 aromatic carbocycles. The Morgan fingerprint density at radius 3 is 2.25 bits per heavy atom. The molecule has 0 aromatic heterocycles. The first-order valence-corrected chi connectivity index (χ1v) is 6.60. The first-order chi connectivity index (χ1) is 7.74. The van der Waals surface area contributed by atoms with Gasteiger partial charge in [0.05, 0.1) is 0 Å². The summed E-state index contributed by atoms with van der Waals surface area (Å²) < 4.78 is 10.4. The quantitative estimate of drug-likeness (QED) is 0.471. The van der Waals surface area contributed by atoms with Crippen LogP contribution in [-0.4, -0.2) is 18.4 Å². The molecule has 0 saturated carbocycles. The van der Waals surface area contributed by atoms with E-state index in [9.17, 15) is 4.79 Å². The number of ether oxygens (including phenoxy) is 2. The van der Waals surface area contributed by atoms with Crippen LogP contribution in [-0.2, 0) is 14.3 Å². The number of hydrogen-bond acceptors (Lipinski definition) is 3. The van der Waals surface area contributed by atoms with Crippen LogP contribution in [0.15, 0.2) is 0 Å². The van der Waals surface area contributed by atoms with E-state index in [0.717, 1.165) is 12.8 Å². The lowest BCUT2D eigenvalue weighted by Gasteiger charge is -2.08. The van der Waals surface area contributed by atoms with Crippen LogP contribution in [0.25, 0.3) is 0 Å². The van der Waals surface area contributed by atoms with E-state index in [-0.39, 0.29) is 18.4 Å². The van der Waals surface area contributed by atoms with Gasteiger partial charge in [0.1, 0.15) is 0 Å². The van der Waals surface area contributed by atoms with Gasteiger partial charge in [-0.2, -0.15) is 0 Å². The van der Waals surface area contributed by atoms with Crippen molar-refractivity contribution in [2.45, 2.75) is 77.6 Å². The number of carbonyl (C=O) groups is 1. The second-order valence-corrected chi connectivity index (χ2v) is 4.55. The van der Waals surface area contributed by atoms with Gasteiger partial charge in [-0.05, 0) is 13.3 Å². The predicted octanol–water partition coefficient (Wildman–Crippen LogP) is 3.42. The van der Waals surface area contributed by atoms with Crippen LogP contribution in [0.1, 0.15) is 65.2 Å². The molecule has 16 heavy (non-hydrogen) atoms. The summed E-state index contributed by atoms with van der Waals surface area (Å²) >= 11 is 0. The summed E-state index contributed by atoms with van der Waals surface area (Å²) in [6, 6.07) is 0. The highest BCUT2D eigenvalue weighted by Crippen LogP contribution is 2.18. The van der Waals surface area contributed by atoms with Crippen molar-refractivity contribution in [2.24, 2.45) is 0 Å². The molecule has 0 N–H and O–H groups in total. The Bertz CT molecular complexity index is 203. The maximum atomic E-state index is 11.0. The van der Waals surface area contributed by atoms with Crippen LogP contribution in [0.5, 0.6) is 0 Å². The molecule has 0 amide bonds. The monoisotopic (exact) mass is 228 g/mol. The Hall–Kier alpha value is -0.570. The van der Waals surface area contributed by atoms with E-state index in [4.69, 9.17) is 9.47 Å². The molecule has 1 rings (SSSR count). The molecule has 1 fully saturated rings. The average Bonchev–Trinajstić information content (AvgIpc) is 2.57. The SMILES string of the molecule is CCCCCCCCC[C@@H]1OC(=O)[C@H](C)O1. The zero-order valence-electron chi connectivity index (χ0n) is 10.5. The van der Waals surface area contributed by atoms with Crippen molar-refractivity contribution in [3.8, 4) is 0 Å². The standard InChI is InChI=1S/C13H24O3/c1-3-4-5-6-7-8-9-10-12-15-11(2)13(14)16-12/h11-12H,3-10H2,1-2H3/t11-,12-/m0/s1. The van der Waals surface area contributed by atoms with Gasteiger partial charge < -0.3 is 9.47 Å². The molecular formula is C13H24O3. The van der Waals surface area contributed by atoms with Crippen molar-refractivity contribution >= 4 is 5.97 Å². The molecule has 3 heteroatoms. The number of hydrogen-bond donors (Lipinski definition) is 0. The first-order valence-electron chi connectivity index (χ1n) is 6.60. The van der Waals surface area contributed by atoms with Crippen molar-refractivity contribution in [1.29, 1.82) is 0 Å². The van der Waals surface area contributed by atoms with Crippen LogP contribution in [0.2, 0.25) is 0 Å². The zero-order valence-corrected chi connectivity index (χ0v) is 10.5. The van der Waals surface area contributed by atoms with Crippen molar-refractivity contribution in [3.63, 3.8) is 0 Å². The molecule has 1 aliphatic heterocycles. The number of rotatable bonds is 8. The molecule has 0 bridgehead atoms. The van der Waals surface area contributed by atoms with Crippen molar-refractivity contribution < 1.29 is 14.3 Å². The summed E-state index contributed by atoms with van der Waals surface area (Å²) in [5.74, 6) is -0.215. The summed E-state index contributed by atoms with van der Waals surface area (Å²) in [6.07, 6.45) is 9.13. The van der Waals surface area contributed by atoms with E-state index in [1.165, 1.54) is 38.5 Å². The lowest BCUT2D eigenvalue weighted by atomic mass is 10.1. The van der Waals surface area contributed by atoms with E-state index >= 15 is 0 Å². The molecule has 1 aliphatic rings. The lowest BCUT2D eigenvalue weighted by molar-refractivity contribution is -0.143. The Labute approximate surface area is 98.5 Å². The molecule has 0 aromatic rings. The lowest BCUT2D eigenvalue weighted by Crippen LogP contribution is -2.10. The largest absolute Gasteiger partial charge is 0.434 e. The Balaban J connectivity index is 1.90. The summed E-state index contributed by atoms with van der Waals surface area (Å²) in [4.78, 5) is 11.0. The van der Waals surface area contributed by atoms with Gasteiger partial charge in [-0.3, -0.25) is 0 Å². The zero-order chi connectivity index (χ0) is 11.8. The number of unbranched alkanes of at least 4 members (excludes halogenated alkanes) is 6. The molecular weight excluding hydrogens is 204 g/mol. The third kappa shape index (κ3) is 4.97. The third-order valence-corrected chi connectivity index (χ3v) is 2.98. The summed E-state index contributed by atoms with van der Waals surface area (Å²) in [5.41, 5.74) is 0. The predicted molar refractivity (Wildman–Crippen MR) is 63.0 cm³/mol. The number of cyclic esters (lactones) is 1. The van der Waals surface area contributed by atoms with Gasteiger partial charge in [0, 0.05) is 6.42 Å². The number of esters is 1. The second-order valence-electron chi connectivity index (χ2n) is 4.55. The van der Waals surface area contributed by atoms with E-state index < -0.39 is 0 Å². The highest BCUT2D eigenvalue weighted by Gasteiger charge is 2.30. The van der Waals surface area contributed by atoms with Crippen LogP contribution >= 0.6 is 0 Å². The topological polar surface area (TPSA) is 35.5 Å². The van der Waals surface area contributed by atoms with Crippen molar-refractivity contribution in [3.05, 3.63) is 0 Å². The summed E-state index contributed by atoms with van der Waals surface area (Å²) in [7, 11) is 0. The normalized spacial score (nSPS) is 24.8. The smallest absolute Gasteiger partial charge is 0.337 e. The fourth-order valence-corrected chi connectivity index (χ4v) is 1.93. The summed E-state index contributed by atoms with van der Waals surface area (Å²) in [5, 5.41) is 0. The second kappa shape index (κ2) is 7.66. The molecule has 0 spiro atoms. The highest BCUT2D eigenvalue weighted by molar-refractivity contribution is 5.75. The minimum absolute atomic E-state index is 0.215. The summed E-state index contributed by atoms with van der Waals surface area (Å²) in [6.45, 7) is 3.97. The van der Waals surface area contributed by atoms with Crippen LogP contribution in [0, 0.1) is 0 Å². The van der Waals surface area contributed by atoms with Gasteiger partial charge >= 0.3 is 5.97 Å². The minimum Gasteiger partial charge on any atom is -0.434 e. The van der Waals surface area contributed by atoms with Crippen molar-refractivity contribution in [1.82, 2.24) is 0 Å². The van der Waals surface area contributed by atoms with Gasteiger partial charge in [0.25, 0.3) is 0 Å². The molecule has 2 atom stereocenters. The molecule has 1 heterocycles. The fraction of sp³-hybridized carbons (Fsp3) is 0.923. The molecule has 0 unspecified atom stereocenters. The van der Waals surface area contributed by atoms with Gasteiger partial charge in [-0.1, -0.05) is 45.4 Å². The van der Waals surface area contributed by atoms with E-state index in [0.29, 0.717) is 0 Å². The van der Waals surface area contributed by atoms with Crippen molar-refractivity contribution in [2.75, 3.05) is 0 Å². The van der Waals surface area contributed by atoms with E-state index in [2.05, 4.69) is 6.92 Å². The van der Waals surface area contributed by atoms with Gasteiger partial charge in [-0.25, -0.2) is 4.79 Å². The van der Waals surface area contributed by atoms with E-state index in [1.54, 1.807) is 6.92 Å².